The van der Waals surface area contributed by atoms with Crippen LogP contribution in [0.3, 0.4) is 0 Å². The van der Waals surface area contributed by atoms with E-state index in [9.17, 15) is 4.79 Å². The number of fused-ring (bicyclic) bond motifs is 4. The number of rotatable bonds is 2. The van der Waals surface area contributed by atoms with Crippen LogP contribution in [0.2, 0.25) is 0 Å². The highest BCUT2D eigenvalue weighted by atomic mass is 16.5. The fourth-order valence-corrected chi connectivity index (χ4v) is 2.32. The molecule has 0 unspecified atom stereocenters. The molecule has 3 nitrogen and oxygen atoms in total. The number of carbonyl (C=O) groups excluding carboxylic acids is 1. The maximum Gasteiger partial charge on any atom is 0.411 e. The van der Waals surface area contributed by atoms with Crippen LogP contribution in [-0.2, 0) is 4.74 Å². The van der Waals surface area contributed by atoms with Crippen molar-refractivity contribution in [2.45, 2.75) is 6.92 Å². The van der Waals surface area contributed by atoms with Crippen molar-refractivity contribution in [1.82, 2.24) is 0 Å². The molecule has 0 bridgehead atoms. The second-order valence-corrected chi connectivity index (χ2v) is 4.12. The minimum Gasteiger partial charge on any atom is -0.450 e. The van der Waals surface area contributed by atoms with Gasteiger partial charge < -0.3 is 4.74 Å². The van der Waals surface area contributed by atoms with Crippen molar-refractivity contribution >= 4 is 11.8 Å². The van der Waals surface area contributed by atoms with Crippen LogP contribution in [0, 0.1) is 0 Å². The van der Waals surface area contributed by atoms with Crippen molar-refractivity contribution in [3.63, 3.8) is 0 Å². The molecule has 2 aromatic carbocycles. The molecule has 0 saturated carbocycles. The van der Waals surface area contributed by atoms with E-state index in [1.165, 1.54) is 16.7 Å². The molecule has 0 atom stereocenters. The zero-order chi connectivity index (χ0) is 12.5. The van der Waals surface area contributed by atoms with Gasteiger partial charge in [-0.2, -0.15) is 0 Å². The molecule has 90 valence electrons. The van der Waals surface area contributed by atoms with Crippen LogP contribution in [-0.4, -0.2) is 12.7 Å². The summed E-state index contributed by atoms with van der Waals surface area (Å²) in [5.41, 5.74) is 5.51. The Morgan fingerprint density at radius 3 is 2.56 bits per heavy atom. The largest absolute Gasteiger partial charge is 0.450 e. The van der Waals surface area contributed by atoms with Gasteiger partial charge in [-0.05, 0) is 29.7 Å². The monoisotopic (exact) mass is 239 g/mol. The summed E-state index contributed by atoms with van der Waals surface area (Å²) in [4.78, 5) is 11.5. The zero-order valence-corrected chi connectivity index (χ0v) is 10.1. The topological polar surface area (TPSA) is 38.3 Å². The first-order valence-electron chi connectivity index (χ1n) is 5.98. The molecule has 3 rings (SSSR count). The molecular weight excluding hydrogens is 226 g/mol. The van der Waals surface area contributed by atoms with Gasteiger partial charge in [-0.1, -0.05) is 36.4 Å². The van der Waals surface area contributed by atoms with Gasteiger partial charge in [0.15, 0.2) is 0 Å². The van der Waals surface area contributed by atoms with Crippen LogP contribution < -0.4 is 5.32 Å². The summed E-state index contributed by atoms with van der Waals surface area (Å²) in [6, 6.07) is 14.1. The summed E-state index contributed by atoms with van der Waals surface area (Å²) in [6.07, 6.45) is -0.407. The lowest BCUT2D eigenvalue weighted by molar-refractivity contribution is 0.168. The van der Waals surface area contributed by atoms with E-state index < -0.39 is 6.09 Å². The number of hydrogen-bond acceptors (Lipinski definition) is 2. The Hall–Kier alpha value is -2.29. The molecule has 3 heteroatoms. The Morgan fingerprint density at radius 1 is 1.06 bits per heavy atom. The van der Waals surface area contributed by atoms with Crippen LogP contribution in [0.5, 0.6) is 0 Å². The second-order valence-electron chi connectivity index (χ2n) is 4.12. The number of carbonyl (C=O) groups is 1. The molecule has 18 heavy (non-hydrogen) atoms. The van der Waals surface area contributed by atoms with Crippen LogP contribution in [0.15, 0.2) is 42.5 Å². The summed E-state index contributed by atoms with van der Waals surface area (Å²) in [7, 11) is 0. The van der Waals surface area contributed by atoms with E-state index in [1.807, 2.05) is 24.3 Å². The summed E-state index contributed by atoms with van der Waals surface area (Å²) in [6.45, 7) is 2.16. The fourth-order valence-electron chi connectivity index (χ4n) is 2.32. The first kappa shape index (κ1) is 10.8. The van der Waals surface area contributed by atoms with Gasteiger partial charge in [0.1, 0.15) is 0 Å². The second kappa shape index (κ2) is 4.18. The van der Waals surface area contributed by atoms with Gasteiger partial charge in [0.2, 0.25) is 0 Å². The van der Waals surface area contributed by atoms with Crippen molar-refractivity contribution in [2.75, 3.05) is 11.9 Å². The minimum atomic E-state index is -0.407. The lowest BCUT2D eigenvalue weighted by atomic mass is 9.80. The number of anilines is 1. The Morgan fingerprint density at radius 2 is 1.78 bits per heavy atom. The molecular formula is C15H13NO2. The van der Waals surface area contributed by atoms with Crippen molar-refractivity contribution < 1.29 is 9.53 Å². The van der Waals surface area contributed by atoms with Crippen LogP contribution >= 0.6 is 0 Å². The Labute approximate surface area is 105 Å². The quantitative estimate of drug-likeness (QED) is 0.736. The number of benzene rings is 2. The van der Waals surface area contributed by atoms with Gasteiger partial charge in [-0.3, -0.25) is 5.32 Å². The average molecular weight is 239 g/mol. The highest BCUT2D eigenvalue weighted by molar-refractivity contribution is 6.09. The van der Waals surface area contributed by atoms with Crippen LogP contribution in [0.4, 0.5) is 10.5 Å². The first-order chi connectivity index (χ1) is 8.81. The van der Waals surface area contributed by atoms with E-state index in [0.717, 1.165) is 11.3 Å². The summed E-state index contributed by atoms with van der Waals surface area (Å²) < 4.78 is 4.90. The molecule has 0 saturated heterocycles. The smallest absolute Gasteiger partial charge is 0.411 e. The highest BCUT2D eigenvalue weighted by Gasteiger charge is 2.25. The predicted molar refractivity (Wildman–Crippen MR) is 71.5 cm³/mol. The van der Waals surface area contributed by atoms with Gasteiger partial charge in [-0.15, -0.1) is 0 Å². The molecule has 0 aliphatic heterocycles. The highest BCUT2D eigenvalue weighted by Crippen LogP contribution is 2.50. The standard InChI is InChI=1S/C15H13NO2/c1-2-18-15(17)16-13-9-5-8-12-10-6-3-4-7-11(10)14(12)13/h3-9H,2H2,1H3,(H,16,17). The van der Waals surface area contributed by atoms with Crippen molar-refractivity contribution in [1.29, 1.82) is 0 Å². The van der Waals surface area contributed by atoms with E-state index in [2.05, 4.69) is 23.5 Å². The molecule has 1 aliphatic rings. The number of amides is 1. The molecule has 0 aromatic heterocycles. The third kappa shape index (κ3) is 1.56. The van der Waals surface area contributed by atoms with Crippen molar-refractivity contribution in [3.8, 4) is 22.3 Å². The SMILES string of the molecule is CCOC(=O)Nc1cccc2c1-c1ccccc1-2. The van der Waals surface area contributed by atoms with Gasteiger partial charge >= 0.3 is 6.09 Å². The maximum atomic E-state index is 11.5. The van der Waals surface area contributed by atoms with Crippen molar-refractivity contribution in [2.24, 2.45) is 0 Å². The van der Waals surface area contributed by atoms with E-state index in [-0.39, 0.29) is 0 Å². The van der Waals surface area contributed by atoms with E-state index in [0.29, 0.717) is 6.61 Å². The summed E-state index contributed by atoms with van der Waals surface area (Å²) in [5, 5.41) is 2.78. The molecule has 0 spiro atoms. The van der Waals surface area contributed by atoms with Gasteiger partial charge in [0, 0.05) is 5.56 Å². The number of ether oxygens (including phenoxy) is 1. The average Bonchev–Trinajstić information content (AvgIpc) is 2.36. The van der Waals surface area contributed by atoms with Gasteiger partial charge in [0.25, 0.3) is 0 Å². The molecule has 0 fully saturated rings. The zero-order valence-electron chi connectivity index (χ0n) is 10.1. The Bertz CT molecular complexity index is 620. The molecule has 1 amide bonds. The fraction of sp³-hybridized carbons (Fsp3) is 0.133. The molecule has 1 N–H and O–H groups in total. The molecule has 1 aliphatic carbocycles. The molecule has 0 radical (unpaired) electrons. The van der Waals surface area contributed by atoms with E-state index >= 15 is 0 Å². The summed E-state index contributed by atoms with van der Waals surface area (Å²) in [5.74, 6) is 0. The molecule has 0 heterocycles. The van der Waals surface area contributed by atoms with Gasteiger partial charge in [-0.25, -0.2) is 4.79 Å². The lowest BCUT2D eigenvalue weighted by Crippen LogP contribution is -2.15. The van der Waals surface area contributed by atoms with Gasteiger partial charge in [0.05, 0.1) is 12.3 Å². The van der Waals surface area contributed by atoms with Crippen LogP contribution in [0.25, 0.3) is 22.3 Å². The lowest BCUT2D eigenvalue weighted by Gasteiger charge is -2.26. The number of nitrogens with one attached hydrogen (secondary N) is 1. The van der Waals surface area contributed by atoms with E-state index in [4.69, 9.17) is 4.74 Å². The predicted octanol–water partition coefficient (Wildman–Crippen LogP) is 3.90. The van der Waals surface area contributed by atoms with Crippen molar-refractivity contribution in [3.05, 3.63) is 42.5 Å². The Balaban J connectivity index is 1.96. The number of hydrogen-bond donors (Lipinski definition) is 1. The third-order valence-electron chi connectivity index (χ3n) is 3.06. The minimum absolute atomic E-state index is 0.372. The van der Waals surface area contributed by atoms with E-state index in [1.54, 1.807) is 6.92 Å². The normalized spacial score (nSPS) is 10.9. The third-order valence-corrected chi connectivity index (χ3v) is 3.06. The van der Waals surface area contributed by atoms with Crippen LogP contribution in [0.1, 0.15) is 6.92 Å². The molecule has 2 aromatic rings. The first-order valence-corrected chi connectivity index (χ1v) is 5.98. The maximum absolute atomic E-state index is 11.5. The summed E-state index contributed by atoms with van der Waals surface area (Å²) >= 11 is 0. The Kier molecular flexibility index (Phi) is 2.52.